The number of halogens is 2. The fourth-order valence-electron chi connectivity index (χ4n) is 4.62. The van der Waals surface area contributed by atoms with E-state index in [0.717, 1.165) is 11.2 Å². The van der Waals surface area contributed by atoms with E-state index < -0.39 is 9.84 Å². The van der Waals surface area contributed by atoms with Crippen LogP contribution in [0.5, 0.6) is 0 Å². The lowest BCUT2D eigenvalue weighted by Gasteiger charge is -2.36. The summed E-state index contributed by atoms with van der Waals surface area (Å²) >= 11 is 12.3. The Kier molecular flexibility index (Phi) is 6.97. The van der Waals surface area contributed by atoms with Crippen LogP contribution in [0.25, 0.3) is 10.9 Å². The highest BCUT2D eigenvalue weighted by Crippen LogP contribution is 2.29. The number of benzene rings is 3. The van der Waals surface area contributed by atoms with Gasteiger partial charge in [-0.15, -0.1) is 0 Å². The average molecular weight is 542 g/mol. The Hall–Kier alpha value is -3.00. The highest BCUT2D eigenvalue weighted by Gasteiger charge is 2.25. The van der Waals surface area contributed by atoms with E-state index >= 15 is 0 Å². The zero-order valence-corrected chi connectivity index (χ0v) is 21.8. The second-order valence-corrected chi connectivity index (χ2v) is 11.6. The molecule has 0 spiro atoms. The fourth-order valence-corrected chi connectivity index (χ4v) is 6.58. The number of aromatic nitrogens is 1. The number of nitrogens with zero attached hydrogens (tertiary/aromatic N) is 3. The van der Waals surface area contributed by atoms with Gasteiger partial charge in [-0.25, -0.2) is 8.42 Å². The van der Waals surface area contributed by atoms with Crippen LogP contribution < -0.4 is 4.90 Å². The predicted molar refractivity (Wildman–Crippen MR) is 145 cm³/mol. The molecule has 1 saturated heterocycles. The van der Waals surface area contributed by atoms with E-state index in [2.05, 4.69) is 4.90 Å². The van der Waals surface area contributed by atoms with Gasteiger partial charge in [-0.05, 0) is 35.9 Å². The van der Waals surface area contributed by atoms with Crippen molar-refractivity contribution in [1.82, 2.24) is 9.47 Å². The number of carbonyl (C=O) groups excluding carboxylic acids is 1. The lowest BCUT2D eigenvalue weighted by molar-refractivity contribution is -0.132. The van der Waals surface area contributed by atoms with Crippen LogP contribution in [0.3, 0.4) is 0 Å². The molecule has 0 atom stereocenters. The summed E-state index contributed by atoms with van der Waals surface area (Å²) in [5, 5.41) is 1.87. The molecule has 0 saturated carbocycles. The minimum atomic E-state index is -3.64. The summed E-state index contributed by atoms with van der Waals surface area (Å²) in [6, 6.07) is 21.8. The Balaban J connectivity index is 1.34. The monoisotopic (exact) mass is 541 g/mol. The van der Waals surface area contributed by atoms with Gasteiger partial charge in [0.15, 0.2) is 9.84 Å². The van der Waals surface area contributed by atoms with Gasteiger partial charge in [0.1, 0.15) is 6.54 Å². The highest BCUT2D eigenvalue weighted by atomic mass is 35.5. The maximum atomic E-state index is 13.3. The number of anilines is 1. The number of rotatable bonds is 6. The number of fused-ring (bicyclic) bond motifs is 1. The molecule has 0 bridgehead atoms. The molecule has 0 aliphatic carbocycles. The molecule has 3 aromatic carbocycles. The third kappa shape index (κ3) is 5.09. The van der Waals surface area contributed by atoms with Gasteiger partial charge in [0.25, 0.3) is 0 Å². The molecule has 1 aromatic heterocycles. The van der Waals surface area contributed by atoms with Crippen molar-refractivity contribution < 1.29 is 13.2 Å². The third-order valence-electron chi connectivity index (χ3n) is 6.49. The van der Waals surface area contributed by atoms with Crippen LogP contribution in [0, 0.1) is 0 Å². The molecule has 36 heavy (non-hydrogen) atoms. The first kappa shape index (κ1) is 24.7. The van der Waals surface area contributed by atoms with E-state index in [0.29, 0.717) is 47.2 Å². The molecule has 1 amide bonds. The first-order valence-electron chi connectivity index (χ1n) is 11.6. The summed E-state index contributed by atoms with van der Waals surface area (Å²) < 4.78 is 28.4. The third-order valence-corrected chi connectivity index (χ3v) is 8.77. The second kappa shape index (κ2) is 10.2. The van der Waals surface area contributed by atoms with Gasteiger partial charge in [-0.2, -0.15) is 0 Å². The molecule has 1 aliphatic rings. The molecular weight excluding hydrogens is 517 g/mol. The van der Waals surface area contributed by atoms with Crippen LogP contribution in [0.1, 0.15) is 5.56 Å². The van der Waals surface area contributed by atoms with Gasteiger partial charge in [0.2, 0.25) is 5.91 Å². The molecule has 0 unspecified atom stereocenters. The topological polar surface area (TPSA) is 62.6 Å². The van der Waals surface area contributed by atoms with Gasteiger partial charge >= 0.3 is 0 Å². The standard InChI is InChI=1S/C27H25Cl2N3O3S/c28-21-11-9-20(10-12-21)19-36(34,35)26-17-32(24-7-3-1-5-22(24)26)18-27(33)31-15-13-30(14-16-31)25-8-4-2-6-23(25)29/h1-12,17H,13-16,18-19H2. The smallest absolute Gasteiger partial charge is 0.242 e. The van der Waals surface area contributed by atoms with Crippen molar-refractivity contribution in [1.29, 1.82) is 0 Å². The summed E-state index contributed by atoms with van der Waals surface area (Å²) in [6.45, 7) is 2.59. The molecule has 1 aliphatic heterocycles. The van der Waals surface area contributed by atoms with Gasteiger partial charge in [-0.1, -0.05) is 65.7 Å². The number of piperazine rings is 1. The molecule has 2 heterocycles. The van der Waals surface area contributed by atoms with Crippen molar-refractivity contribution in [3.8, 4) is 0 Å². The Bertz CT molecular complexity index is 1510. The highest BCUT2D eigenvalue weighted by molar-refractivity contribution is 7.90. The molecular formula is C27H25Cl2N3O3S. The predicted octanol–water partition coefficient (Wildman–Crippen LogP) is 5.27. The molecule has 186 valence electrons. The molecule has 9 heteroatoms. The number of sulfone groups is 1. The minimum Gasteiger partial charge on any atom is -0.367 e. The summed E-state index contributed by atoms with van der Waals surface area (Å²) in [5.74, 6) is -0.188. The average Bonchev–Trinajstić information content (AvgIpc) is 3.25. The van der Waals surface area contributed by atoms with Gasteiger partial charge in [0, 0.05) is 48.3 Å². The number of hydrogen-bond acceptors (Lipinski definition) is 4. The van der Waals surface area contributed by atoms with Crippen LogP contribution in [-0.4, -0.2) is 50.0 Å². The summed E-state index contributed by atoms with van der Waals surface area (Å²) in [6.07, 6.45) is 1.59. The minimum absolute atomic E-state index is 0.0452. The van der Waals surface area contributed by atoms with Crippen molar-refractivity contribution in [3.63, 3.8) is 0 Å². The van der Waals surface area contributed by atoms with Crippen molar-refractivity contribution >= 4 is 55.5 Å². The number of para-hydroxylation sites is 2. The largest absolute Gasteiger partial charge is 0.367 e. The van der Waals surface area contributed by atoms with Crippen LogP contribution in [-0.2, 0) is 26.9 Å². The Morgan fingerprint density at radius 2 is 1.50 bits per heavy atom. The number of carbonyl (C=O) groups is 1. The first-order valence-corrected chi connectivity index (χ1v) is 14.0. The van der Waals surface area contributed by atoms with E-state index in [-0.39, 0.29) is 23.1 Å². The van der Waals surface area contributed by atoms with Gasteiger partial charge < -0.3 is 14.4 Å². The van der Waals surface area contributed by atoms with E-state index in [1.807, 2.05) is 47.4 Å². The van der Waals surface area contributed by atoms with E-state index in [1.165, 1.54) is 0 Å². The van der Waals surface area contributed by atoms with Gasteiger partial charge in [-0.3, -0.25) is 4.79 Å². The molecule has 0 N–H and O–H groups in total. The molecule has 5 rings (SSSR count). The van der Waals surface area contributed by atoms with Crippen LogP contribution in [0.2, 0.25) is 10.0 Å². The SMILES string of the molecule is O=C(Cn1cc(S(=O)(=O)Cc2ccc(Cl)cc2)c2ccccc21)N1CCN(c2ccccc2Cl)CC1. The van der Waals surface area contributed by atoms with E-state index in [1.54, 1.807) is 41.1 Å². The van der Waals surface area contributed by atoms with Crippen LogP contribution in [0.15, 0.2) is 83.9 Å². The van der Waals surface area contributed by atoms with Gasteiger partial charge in [0.05, 0.1) is 21.4 Å². The number of amides is 1. The fraction of sp³-hybridized carbons (Fsp3) is 0.222. The Labute approximate surface area is 220 Å². The Morgan fingerprint density at radius 3 is 2.22 bits per heavy atom. The van der Waals surface area contributed by atoms with E-state index in [4.69, 9.17) is 23.2 Å². The lowest BCUT2D eigenvalue weighted by atomic mass is 10.2. The van der Waals surface area contributed by atoms with Crippen molar-refractivity contribution in [2.75, 3.05) is 31.1 Å². The Morgan fingerprint density at radius 1 is 0.833 bits per heavy atom. The quantitative estimate of drug-likeness (QED) is 0.333. The molecule has 6 nitrogen and oxygen atoms in total. The zero-order chi connectivity index (χ0) is 25.3. The molecule has 4 aromatic rings. The maximum absolute atomic E-state index is 13.3. The van der Waals surface area contributed by atoms with Crippen LogP contribution in [0.4, 0.5) is 5.69 Å². The normalized spacial score (nSPS) is 14.4. The molecule has 0 radical (unpaired) electrons. The zero-order valence-electron chi connectivity index (χ0n) is 19.5. The summed E-state index contributed by atoms with van der Waals surface area (Å²) in [7, 11) is -3.64. The van der Waals surface area contributed by atoms with Crippen molar-refractivity contribution in [2.24, 2.45) is 0 Å². The lowest BCUT2D eigenvalue weighted by Crippen LogP contribution is -2.49. The maximum Gasteiger partial charge on any atom is 0.242 e. The van der Waals surface area contributed by atoms with E-state index in [9.17, 15) is 13.2 Å². The second-order valence-electron chi connectivity index (χ2n) is 8.84. The first-order chi connectivity index (χ1) is 17.3. The van der Waals surface area contributed by atoms with Crippen LogP contribution >= 0.6 is 23.2 Å². The summed E-state index contributed by atoms with van der Waals surface area (Å²) in [5.41, 5.74) is 2.34. The van der Waals surface area contributed by atoms with Crippen molar-refractivity contribution in [3.05, 3.63) is 94.6 Å². The van der Waals surface area contributed by atoms with Crippen molar-refractivity contribution in [2.45, 2.75) is 17.2 Å². The molecule has 1 fully saturated rings. The summed E-state index contributed by atoms with van der Waals surface area (Å²) in [4.78, 5) is 17.4. The number of hydrogen-bond donors (Lipinski definition) is 0.